The van der Waals surface area contributed by atoms with Gasteiger partial charge >= 0.3 is 5.97 Å². The molecule has 0 atom stereocenters. The van der Waals surface area contributed by atoms with Crippen LogP contribution >= 0.6 is 0 Å². The van der Waals surface area contributed by atoms with Crippen LogP contribution in [0.5, 0.6) is 0 Å². The number of rotatable bonds is 6. The Morgan fingerprint density at radius 2 is 1.88 bits per heavy atom. The molecule has 0 saturated heterocycles. The Hall–Kier alpha value is -1.06. The zero-order valence-corrected chi connectivity index (χ0v) is 10.8. The lowest BCUT2D eigenvalue weighted by Crippen LogP contribution is -2.30. The van der Waals surface area contributed by atoms with Crippen LogP contribution in [0.25, 0.3) is 0 Å². The molecular formula is C12H23NO3. The number of hydrogen-bond donors (Lipinski definition) is 1. The van der Waals surface area contributed by atoms with Gasteiger partial charge in [0, 0.05) is 6.42 Å². The van der Waals surface area contributed by atoms with E-state index >= 15 is 0 Å². The molecule has 0 radical (unpaired) electrons. The van der Waals surface area contributed by atoms with E-state index in [1.54, 1.807) is 0 Å². The fourth-order valence-electron chi connectivity index (χ4n) is 1.01. The number of esters is 1. The summed E-state index contributed by atoms with van der Waals surface area (Å²) in [4.78, 5) is 22.3. The van der Waals surface area contributed by atoms with Gasteiger partial charge < -0.3 is 10.1 Å². The molecule has 16 heavy (non-hydrogen) atoms. The van der Waals surface area contributed by atoms with Crippen LogP contribution in [0.1, 0.15) is 47.0 Å². The third-order valence-electron chi connectivity index (χ3n) is 2.02. The van der Waals surface area contributed by atoms with E-state index in [-0.39, 0.29) is 23.8 Å². The number of carbonyl (C=O) groups excluding carboxylic acids is 2. The molecule has 0 aromatic heterocycles. The molecule has 0 bridgehead atoms. The summed E-state index contributed by atoms with van der Waals surface area (Å²) < 4.78 is 4.99. The maximum atomic E-state index is 11.2. The highest BCUT2D eigenvalue weighted by molar-refractivity contribution is 5.81. The molecule has 0 saturated carbocycles. The average molecular weight is 229 g/mol. The largest absolute Gasteiger partial charge is 0.464 e. The normalized spacial score (nSPS) is 11.0. The van der Waals surface area contributed by atoms with Gasteiger partial charge in [-0.15, -0.1) is 0 Å². The van der Waals surface area contributed by atoms with Crippen LogP contribution in [0.15, 0.2) is 0 Å². The highest BCUT2D eigenvalue weighted by Crippen LogP contribution is 2.17. The Morgan fingerprint density at radius 1 is 1.25 bits per heavy atom. The number of nitrogens with one attached hydrogen (secondary N) is 1. The van der Waals surface area contributed by atoms with Crippen molar-refractivity contribution in [2.75, 3.05) is 13.2 Å². The Kier molecular flexibility index (Phi) is 6.77. The van der Waals surface area contributed by atoms with Gasteiger partial charge in [-0.3, -0.25) is 9.59 Å². The van der Waals surface area contributed by atoms with Gasteiger partial charge in [-0.05, 0) is 18.3 Å². The second kappa shape index (κ2) is 7.25. The minimum absolute atomic E-state index is 0.0248. The van der Waals surface area contributed by atoms with Crippen molar-refractivity contribution in [1.82, 2.24) is 5.32 Å². The van der Waals surface area contributed by atoms with E-state index in [1.165, 1.54) is 0 Å². The molecule has 0 aromatic rings. The highest BCUT2D eigenvalue weighted by atomic mass is 16.5. The van der Waals surface area contributed by atoms with Crippen molar-refractivity contribution in [3.8, 4) is 0 Å². The lowest BCUT2D eigenvalue weighted by atomic mass is 9.93. The third-order valence-corrected chi connectivity index (χ3v) is 2.02. The molecule has 0 rings (SSSR count). The lowest BCUT2D eigenvalue weighted by molar-refractivity contribution is -0.144. The Bertz CT molecular complexity index is 231. The molecule has 0 spiro atoms. The molecule has 4 heteroatoms. The first kappa shape index (κ1) is 14.9. The molecular weight excluding hydrogens is 206 g/mol. The van der Waals surface area contributed by atoms with Crippen molar-refractivity contribution in [3.63, 3.8) is 0 Å². The smallest absolute Gasteiger partial charge is 0.325 e. The van der Waals surface area contributed by atoms with Crippen molar-refractivity contribution in [3.05, 3.63) is 0 Å². The minimum Gasteiger partial charge on any atom is -0.464 e. The summed E-state index contributed by atoms with van der Waals surface area (Å²) >= 11 is 0. The summed E-state index contributed by atoms with van der Waals surface area (Å²) in [6, 6.07) is 0. The standard InChI is InChI=1S/C12H23NO3/c1-5-6-10(14)13-9-11(15)16-8-7-12(2,3)4/h5-9H2,1-4H3,(H,13,14). The monoisotopic (exact) mass is 229 g/mol. The second-order valence-corrected chi connectivity index (χ2v) is 5.06. The number of carbonyl (C=O) groups is 2. The first-order valence-electron chi connectivity index (χ1n) is 5.77. The third kappa shape index (κ3) is 9.49. The molecule has 94 valence electrons. The molecule has 4 nitrogen and oxygen atoms in total. The van der Waals surface area contributed by atoms with E-state index in [0.717, 1.165) is 12.8 Å². The van der Waals surface area contributed by atoms with Crippen molar-refractivity contribution in [2.24, 2.45) is 5.41 Å². The Labute approximate surface area is 97.7 Å². The highest BCUT2D eigenvalue weighted by Gasteiger charge is 2.11. The topological polar surface area (TPSA) is 55.4 Å². The second-order valence-electron chi connectivity index (χ2n) is 5.06. The average Bonchev–Trinajstić information content (AvgIpc) is 2.13. The van der Waals surface area contributed by atoms with Gasteiger partial charge in [0.25, 0.3) is 0 Å². The summed E-state index contributed by atoms with van der Waals surface area (Å²) in [5.41, 5.74) is 0.158. The lowest BCUT2D eigenvalue weighted by Gasteiger charge is -2.17. The Morgan fingerprint density at radius 3 is 2.38 bits per heavy atom. The predicted molar refractivity (Wildman–Crippen MR) is 62.9 cm³/mol. The molecule has 0 aromatic carbocycles. The van der Waals surface area contributed by atoms with E-state index in [9.17, 15) is 9.59 Å². The fraction of sp³-hybridized carbons (Fsp3) is 0.833. The first-order chi connectivity index (χ1) is 7.35. The minimum atomic E-state index is -0.367. The van der Waals surface area contributed by atoms with Gasteiger partial charge in [0.05, 0.1) is 6.61 Å². The molecule has 0 fully saturated rings. The zero-order valence-electron chi connectivity index (χ0n) is 10.8. The maximum absolute atomic E-state index is 11.2. The first-order valence-corrected chi connectivity index (χ1v) is 5.77. The van der Waals surface area contributed by atoms with Crippen LogP contribution in [0.3, 0.4) is 0 Å². The summed E-state index contributed by atoms with van der Waals surface area (Å²) in [6.07, 6.45) is 2.06. The molecule has 0 heterocycles. The van der Waals surface area contributed by atoms with E-state index < -0.39 is 0 Å². The summed E-state index contributed by atoms with van der Waals surface area (Å²) in [6.45, 7) is 8.56. The SMILES string of the molecule is CCCC(=O)NCC(=O)OCCC(C)(C)C. The van der Waals surface area contributed by atoms with Gasteiger partial charge in [0.1, 0.15) is 6.54 Å². The van der Waals surface area contributed by atoms with Crippen molar-refractivity contribution in [2.45, 2.75) is 47.0 Å². The van der Waals surface area contributed by atoms with Crippen LogP contribution in [-0.2, 0) is 14.3 Å². The van der Waals surface area contributed by atoms with Crippen molar-refractivity contribution in [1.29, 1.82) is 0 Å². The van der Waals surface area contributed by atoms with Crippen LogP contribution in [-0.4, -0.2) is 25.0 Å². The molecule has 0 aliphatic rings. The number of hydrogen-bond acceptors (Lipinski definition) is 3. The molecule has 1 N–H and O–H groups in total. The summed E-state index contributed by atoms with van der Waals surface area (Å²) in [7, 11) is 0. The Balaban J connectivity index is 3.56. The number of ether oxygens (including phenoxy) is 1. The molecule has 1 amide bonds. The summed E-state index contributed by atoms with van der Waals surface area (Å²) in [5, 5.41) is 2.52. The van der Waals surface area contributed by atoms with Gasteiger partial charge in [0.15, 0.2) is 0 Å². The van der Waals surface area contributed by atoms with Crippen molar-refractivity contribution < 1.29 is 14.3 Å². The van der Waals surface area contributed by atoms with Crippen LogP contribution in [0.2, 0.25) is 0 Å². The van der Waals surface area contributed by atoms with Crippen LogP contribution < -0.4 is 5.32 Å². The zero-order chi connectivity index (χ0) is 12.6. The predicted octanol–water partition coefficient (Wildman–Crippen LogP) is 1.88. The van der Waals surface area contributed by atoms with Crippen LogP contribution in [0.4, 0.5) is 0 Å². The van der Waals surface area contributed by atoms with Crippen molar-refractivity contribution >= 4 is 11.9 Å². The van der Waals surface area contributed by atoms with Gasteiger partial charge in [0.2, 0.25) is 5.91 Å². The van der Waals surface area contributed by atoms with E-state index in [0.29, 0.717) is 13.0 Å². The molecule has 0 aliphatic heterocycles. The van der Waals surface area contributed by atoms with Gasteiger partial charge in [-0.2, -0.15) is 0 Å². The van der Waals surface area contributed by atoms with Gasteiger partial charge in [-0.25, -0.2) is 0 Å². The molecule has 0 unspecified atom stereocenters. The van der Waals surface area contributed by atoms with Gasteiger partial charge in [-0.1, -0.05) is 27.7 Å². The van der Waals surface area contributed by atoms with Crippen LogP contribution in [0, 0.1) is 5.41 Å². The van der Waals surface area contributed by atoms with E-state index in [4.69, 9.17) is 4.74 Å². The maximum Gasteiger partial charge on any atom is 0.325 e. The van der Waals surface area contributed by atoms with E-state index in [2.05, 4.69) is 26.1 Å². The molecule has 0 aliphatic carbocycles. The quantitative estimate of drug-likeness (QED) is 0.707. The number of amides is 1. The fourth-order valence-corrected chi connectivity index (χ4v) is 1.01. The van der Waals surface area contributed by atoms with E-state index in [1.807, 2.05) is 6.92 Å². The summed E-state index contributed by atoms with van der Waals surface area (Å²) in [5.74, 6) is -0.469.